The van der Waals surface area contributed by atoms with Gasteiger partial charge in [0.2, 0.25) is 5.91 Å². The maximum Gasteiger partial charge on any atom is 0.329 e. The van der Waals surface area contributed by atoms with Crippen molar-refractivity contribution in [2.24, 2.45) is 11.3 Å². The minimum Gasteiger partial charge on any atom is -0.480 e. The van der Waals surface area contributed by atoms with Crippen LogP contribution in [0.2, 0.25) is 0 Å². The molecule has 1 spiro atoms. The Hall–Kier alpha value is -1.06. The first-order valence-corrected chi connectivity index (χ1v) is 6.32. The highest BCUT2D eigenvalue weighted by Gasteiger charge is 2.60. The lowest BCUT2D eigenvalue weighted by Crippen LogP contribution is -2.51. The molecular formula is C13H21NO3. The van der Waals surface area contributed by atoms with Crippen LogP contribution in [0.4, 0.5) is 0 Å². The van der Waals surface area contributed by atoms with Gasteiger partial charge in [-0.15, -0.1) is 0 Å². The molecule has 1 unspecified atom stereocenters. The number of carbonyl (C=O) groups excluding carboxylic acids is 1. The third kappa shape index (κ3) is 1.83. The SMILES string of the molecule is CN(C(=O)C1CC12CCCC2)C(C)(C)C(=O)O. The molecule has 4 nitrogen and oxygen atoms in total. The lowest BCUT2D eigenvalue weighted by atomic mass is 9.99. The quantitative estimate of drug-likeness (QED) is 0.818. The maximum absolute atomic E-state index is 12.3. The number of hydrogen-bond donors (Lipinski definition) is 1. The number of amides is 1. The standard InChI is InChI=1S/C13H21NO3/c1-12(2,11(16)17)14(3)10(15)9-8-13(9)6-4-5-7-13/h9H,4-8H2,1-3H3,(H,16,17). The van der Waals surface area contributed by atoms with Crippen LogP contribution in [0.15, 0.2) is 0 Å². The fourth-order valence-electron chi connectivity index (χ4n) is 2.98. The second kappa shape index (κ2) is 3.72. The monoisotopic (exact) mass is 239 g/mol. The largest absolute Gasteiger partial charge is 0.480 e. The van der Waals surface area contributed by atoms with Gasteiger partial charge in [-0.05, 0) is 38.5 Å². The average Bonchev–Trinajstić information content (AvgIpc) is 2.74. The fraction of sp³-hybridized carbons (Fsp3) is 0.846. The van der Waals surface area contributed by atoms with E-state index >= 15 is 0 Å². The number of likely N-dealkylation sites (N-methyl/N-ethyl adjacent to an activating group) is 1. The summed E-state index contributed by atoms with van der Waals surface area (Å²) in [6, 6.07) is 0. The van der Waals surface area contributed by atoms with Crippen LogP contribution < -0.4 is 0 Å². The van der Waals surface area contributed by atoms with Gasteiger partial charge in [0.05, 0.1) is 0 Å². The normalized spacial score (nSPS) is 25.9. The second-order valence-corrected chi connectivity index (χ2v) is 6.09. The van der Waals surface area contributed by atoms with E-state index in [2.05, 4.69) is 0 Å². The van der Waals surface area contributed by atoms with Crippen LogP contribution in [0.25, 0.3) is 0 Å². The smallest absolute Gasteiger partial charge is 0.329 e. The van der Waals surface area contributed by atoms with Crippen molar-refractivity contribution in [2.75, 3.05) is 7.05 Å². The number of rotatable bonds is 3. The molecule has 1 N–H and O–H groups in total. The topological polar surface area (TPSA) is 57.6 Å². The molecule has 17 heavy (non-hydrogen) atoms. The summed E-state index contributed by atoms with van der Waals surface area (Å²) in [4.78, 5) is 24.8. The first-order chi connectivity index (χ1) is 7.81. The molecule has 0 bridgehead atoms. The van der Waals surface area contributed by atoms with Crippen LogP contribution in [-0.4, -0.2) is 34.5 Å². The summed E-state index contributed by atoms with van der Waals surface area (Å²) >= 11 is 0. The van der Waals surface area contributed by atoms with Gasteiger partial charge >= 0.3 is 5.97 Å². The van der Waals surface area contributed by atoms with Crippen molar-refractivity contribution < 1.29 is 14.7 Å². The number of aliphatic carboxylic acids is 1. The summed E-state index contributed by atoms with van der Waals surface area (Å²) in [5, 5.41) is 9.13. The van der Waals surface area contributed by atoms with Crippen LogP contribution in [0.1, 0.15) is 46.0 Å². The van der Waals surface area contributed by atoms with E-state index in [9.17, 15) is 9.59 Å². The van der Waals surface area contributed by atoms with Gasteiger partial charge in [0, 0.05) is 13.0 Å². The number of hydrogen-bond acceptors (Lipinski definition) is 2. The zero-order valence-corrected chi connectivity index (χ0v) is 10.8. The summed E-state index contributed by atoms with van der Waals surface area (Å²) in [6.45, 7) is 3.16. The average molecular weight is 239 g/mol. The summed E-state index contributed by atoms with van der Waals surface area (Å²) in [7, 11) is 1.61. The van der Waals surface area contributed by atoms with Crippen molar-refractivity contribution >= 4 is 11.9 Å². The molecule has 0 heterocycles. The van der Waals surface area contributed by atoms with E-state index < -0.39 is 11.5 Å². The Morgan fingerprint density at radius 2 is 1.82 bits per heavy atom. The zero-order chi connectivity index (χ0) is 12.8. The lowest BCUT2D eigenvalue weighted by Gasteiger charge is -2.32. The van der Waals surface area contributed by atoms with Crippen LogP contribution >= 0.6 is 0 Å². The van der Waals surface area contributed by atoms with Crippen LogP contribution in [0, 0.1) is 11.3 Å². The van der Waals surface area contributed by atoms with Crippen LogP contribution in [0.3, 0.4) is 0 Å². The minimum absolute atomic E-state index is 0.0132. The highest BCUT2D eigenvalue weighted by Crippen LogP contribution is 2.63. The maximum atomic E-state index is 12.3. The van der Waals surface area contributed by atoms with Gasteiger partial charge in [-0.2, -0.15) is 0 Å². The van der Waals surface area contributed by atoms with Gasteiger partial charge < -0.3 is 10.0 Å². The van der Waals surface area contributed by atoms with Crippen molar-refractivity contribution in [2.45, 2.75) is 51.5 Å². The van der Waals surface area contributed by atoms with Gasteiger partial charge in [-0.3, -0.25) is 4.79 Å². The molecule has 2 fully saturated rings. The molecule has 0 aromatic heterocycles. The molecule has 2 aliphatic carbocycles. The number of carboxylic acids is 1. The molecule has 96 valence electrons. The molecule has 0 aromatic carbocycles. The Labute approximate surface area is 102 Å². The van der Waals surface area contributed by atoms with Crippen molar-refractivity contribution in [3.8, 4) is 0 Å². The summed E-state index contributed by atoms with van der Waals surface area (Å²) in [5.41, 5.74) is -0.876. The Bertz CT molecular complexity index is 356. The molecule has 0 aliphatic heterocycles. The number of carboxylic acid groups (broad SMARTS) is 1. The van der Waals surface area contributed by atoms with Gasteiger partial charge in [0.1, 0.15) is 5.54 Å². The van der Waals surface area contributed by atoms with E-state index in [1.807, 2.05) is 0 Å². The van der Waals surface area contributed by atoms with Crippen molar-refractivity contribution in [3.05, 3.63) is 0 Å². The second-order valence-electron chi connectivity index (χ2n) is 6.09. The van der Waals surface area contributed by atoms with Gasteiger partial charge in [-0.1, -0.05) is 12.8 Å². The molecule has 0 saturated heterocycles. The van der Waals surface area contributed by atoms with Gasteiger partial charge in [0.25, 0.3) is 0 Å². The number of carbonyl (C=O) groups is 2. The predicted octanol–water partition coefficient (Wildman–Crippen LogP) is 1.89. The summed E-state index contributed by atoms with van der Waals surface area (Å²) in [6.07, 6.45) is 5.69. The molecule has 2 aliphatic rings. The van der Waals surface area contributed by atoms with Gasteiger partial charge in [-0.25, -0.2) is 4.79 Å². The number of nitrogens with zero attached hydrogens (tertiary/aromatic N) is 1. The molecule has 0 radical (unpaired) electrons. The van der Waals surface area contributed by atoms with Gasteiger partial charge in [0.15, 0.2) is 0 Å². The molecule has 0 aromatic rings. The minimum atomic E-state index is -1.11. The third-order valence-corrected chi connectivity index (χ3v) is 4.78. The van der Waals surface area contributed by atoms with E-state index in [-0.39, 0.29) is 17.2 Å². The Morgan fingerprint density at radius 1 is 1.29 bits per heavy atom. The Balaban J connectivity index is 2.05. The Kier molecular flexibility index (Phi) is 2.71. The van der Waals surface area contributed by atoms with E-state index in [4.69, 9.17) is 5.11 Å². The predicted molar refractivity (Wildman–Crippen MR) is 63.5 cm³/mol. The zero-order valence-electron chi connectivity index (χ0n) is 10.8. The van der Waals surface area contributed by atoms with E-state index in [1.165, 1.54) is 17.7 Å². The molecule has 4 heteroatoms. The molecule has 1 atom stereocenters. The molecule has 2 rings (SSSR count). The Morgan fingerprint density at radius 3 is 2.29 bits per heavy atom. The highest BCUT2D eigenvalue weighted by molar-refractivity contribution is 5.89. The van der Waals surface area contributed by atoms with Crippen LogP contribution in [-0.2, 0) is 9.59 Å². The highest BCUT2D eigenvalue weighted by atomic mass is 16.4. The third-order valence-electron chi connectivity index (χ3n) is 4.78. The molecule has 1 amide bonds. The lowest BCUT2D eigenvalue weighted by molar-refractivity contribution is -0.156. The van der Waals surface area contributed by atoms with Crippen molar-refractivity contribution in [1.29, 1.82) is 0 Å². The fourth-order valence-corrected chi connectivity index (χ4v) is 2.98. The first kappa shape index (κ1) is 12.4. The van der Waals surface area contributed by atoms with Crippen LogP contribution in [0.5, 0.6) is 0 Å². The summed E-state index contributed by atoms with van der Waals surface area (Å²) in [5.74, 6) is -0.859. The van der Waals surface area contributed by atoms with E-state index in [0.29, 0.717) is 0 Å². The first-order valence-electron chi connectivity index (χ1n) is 6.32. The summed E-state index contributed by atoms with van der Waals surface area (Å²) < 4.78 is 0. The van der Waals surface area contributed by atoms with Crippen molar-refractivity contribution in [3.63, 3.8) is 0 Å². The van der Waals surface area contributed by atoms with Crippen molar-refractivity contribution in [1.82, 2.24) is 4.90 Å². The molecular weight excluding hydrogens is 218 g/mol. The van der Waals surface area contributed by atoms with E-state index in [1.54, 1.807) is 20.9 Å². The molecule has 2 saturated carbocycles. The van der Waals surface area contributed by atoms with E-state index in [0.717, 1.165) is 19.3 Å².